The summed E-state index contributed by atoms with van der Waals surface area (Å²) in [5.74, 6) is 1.93. The predicted molar refractivity (Wildman–Crippen MR) is 154 cm³/mol. The molecule has 0 bridgehead atoms. The van der Waals surface area contributed by atoms with Gasteiger partial charge in [-0.3, -0.25) is 0 Å². The van der Waals surface area contributed by atoms with Crippen LogP contribution in [0.2, 0.25) is 0 Å². The predicted octanol–water partition coefficient (Wildman–Crippen LogP) is 12.8. The van der Waals surface area contributed by atoms with Crippen LogP contribution in [-0.2, 0) is 0 Å². The van der Waals surface area contributed by atoms with E-state index < -0.39 is 0 Å². The van der Waals surface area contributed by atoms with Crippen LogP contribution < -0.4 is 0 Å². The molecule has 0 spiro atoms. The molecular weight excluding hydrogens is 396 g/mol. The van der Waals surface area contributed by atoms with Crippen LogP contribution in [0.15, 0.2) is 0 Å². The molecule has 0 amide bonds. The van der Waals surface area contributed by atoms with Crippen molar-refractivity contribution in [2.24, 2.45) is 11.8 Å². The smallest absolute Gasteiger partial charge is 0.0443 e. The summed E-state index contributed by atoms with van der Waals surface area (Å²) in [6.07, 6.45) is 39.6. The van der Waals surface area contributed by atoms with E-state index in [0.29, 0.717) is 0 Å². The molecule has 2 atom stereocenters. The van der Waals surface area contributed by atoms with E-state index in [1.807, 2.05) is 0 Å². The van der Waals surface area contributed by atoms with Gasteiger partial charge in [0.05, 0.1) is 0 Å². The van der Waals surface area contributed by atoms with Gasteiger partial charge in [-0.2, -0.15) is 0 Å². The van der Waals surface area contributed by atoms with E-state index in [1.165, 1.54) is 173 Å². The van der Waals surface area contributed by atoms with Gasteiger partial charge in [-0.25, -0.2) is 0 Å². The van der Waals surface area contributed by atoms with Crippen LogP contribution in [-0.4, -0.2) is 0 Å². The molecule has 0 heterocycles. The van der Waals surface area contributed by atoms with Gasteiger partial charge >= 0.3 is 0 Å². The Kier molecular flexibility index (Phi) is 28.2. The molecule has 0 saturated heterocycles. The highest BCUT2D eigenvalue weighted by atomic mass is 14.1. The van der Waals surface area contributed by atoms with Gasteiger partial charge in [0, 0.05) is 0 Å². The lowest BCUT2D eigenvalue weighted by molar-refractivity contribution is 0.412. The highest BCUT2D eigenvalue weighted by Crippen LogP contribution is 2.21. The zero-order valence-corrected chi connectivity index (χ0v) is 24.2. The van der Waals surface area contributed by atoms with Crippen LogP contribution in [0, 0.1) is 11.8 Å². The van der Waals surface area contributed by atoms with E-state index in [0.717, 1.165) is 11.8 Å². The fourth-order valence-electron chi connectivity index (χ4n) is 5.41. The standard InChI is InChI=1S/C33H68/c1-5-7-9-11-13-14-15-16-17-18-19-21-25-29-33(4)31-27-23-22-26-30-32(3)28-24-20-12-10-8-6-2/h32-33H,5-31H2,1-4H3. The first-order valence-corrected chi connectivity index (χ1v) is 16.2. The van der Waals surface area contributed by atoms with Crippen LogP contribution in [0.5, 0.6) is 0 Å². The van der Waals surface area contributed by atoms with Crippen LogP contribution in [0.25, 0.3) is 0 Å². The molecule has 0 fully saturated rings. The molecule has 2 unspecified atom stereocenters. The Labute approximate surface area is 212 Å². The van der Waals surface area contributed by atoms with E-state index in [1.54, 1.807) is 0 Å². The average molecular weight is 465 g/mol. The van der Waals surface area contributed by atoms with Crippen LogP contribution in [0.4, 0.5) is 0 Å². The monoisotopic (exact) mass is 465 g/mol. The number of rotatable bonds is 28. The van der Waals surface area contributed by atoms with Gasteiger partial charge in [0.15, 0.2) is 0 Å². The van der Waals surface area contributed by atoms with Gasteiger partial charge in [0.2, 0.25) is 0 Å². The Morgan fingerprint density at radius 1 is 0.273 bits per heavy atom. The molecule has 0 heteroatoms. The Morgan fingerprint density at radius 3 is 0.667 bits per heavy atom. The SMILES string of the molecule is CCCCCCCCCCCCCCCC(C)CCCCCCC(C)CCCCCCCC. The summed E-state index contributed by atoms with van der Waals surface area (Å²) < 4.78 is 0. The maximum absolute atomic E-state index is 2.50. The molecule has 0 saturated carbocycles. The molecule has 0 aliphatic heterocycles. The lowest BCUT2D eigenvalue weighted by Gasteiger charge is -2.12. The van der Waals surface area contributed by atoms with Crippen LogP contribution >= 0.6 is 0 Å². The van der Waals surface area contributed by atoms with Gasteiger partial charge in [0.25, 0.3) is 0 Å². The lowest BCUT2D eigenvalue weighted by Crippen LogP contribution is -1.97. The van der Waals surface area contributed by atoms with E-state index in [4.69, 9.17) is 0 Å². The van der Waals surface area contributed by atoms with Crippen molar-refractivity contribution in [1.82, 2.24) is 0 Å². The molecule has 0 radical (unpaired) electrons. The summed E-state index contributed by atoms with van der Waals surface area (Å²) in [6.45, 7) is 9.61. The van der Waals surface area contributed by atoms with Crippen molar-refractivity contribution in [3.63, 3.8) is 0 Å². The first kappa shape index (κ1) is 33.0. The molecule has 0 aromatic carbocycles. The zero-order valence-electron chi connectivity index (χ0n) is 24.2. The molecule has 0 aromatic heterocycles. The second-order valence-corrected chi connectivity index (χ2v) is 11.8. The van der Waals surface area contributed by atoms with Crippen molar-refractivity contribution in [2.75, 3.05) is 0 Å². The Hall–Kier alpha value is 0. The maximum atomic E-state index is 2.50. The van der Waals surface area contributed by atoms with Crippen molar-refractivity contribution < 1.29 is 0 Å². The number of hydrogen-bond acceptors (Lipinski definition) is 0. The summed E-state index contributed by atoms with van der Waals surface area (Å²) in [6, 6.07) is 0. The first-order valence-electron chi connectivity index (χ1n) is 16.2. The lowest BCUT2D eigenvalue weighted by atomic mass is 9.94. The van der Waals surface area contributed by atoms with Gasteiger partial charge in [0.1, 0.15) is 0 Å². The maximum Gasteiger partial charge on any atom is -0.0443 e. The summed E-state index contributed by atoms with van der Waals surface area (Å²) in [5.41, 5.74) is 0. The first-order chi connectivity index (χ1) is 16.2. The summed E-state index contributed by atoms with van der Waals surface area (Å²) >= 11 is 0. The zero-order chi connectivity index (χ0) is 24.2. The quantitative estimate of drug-likeness (QED) is 0.101. The highest BCUT2D eigenvalue weighted by Gasteiger charge is 2.04. The van der Waals surface area contributed by atoms with Crippen LogP contribution in [0.1, 0.15) is 201 Å². The van der Waals surface area contributed by atoms with E-state index >= 15 is 0 Å². The Morgan fingerprint density at radius 2 is 0.455 bits per heavy atom. The van der Waals surface area contributed by atoms with Gasteiger partial charge < -0.3 is 0 Å². The Bertz CT molecular complexity index is 333. The highest BCUT2D eigenvalue weighted by molar-refractivity contribution is 4.58. The van der Waals surface area contributed by atoms with E-state index in [2.05, 4.69) is 27.7 Å². The third kappa shape index (κ3) is 28.1. The summed E-state index contributed by atoms with van der Waals surface area (Å²) in [4.78, 5) is 0. The molecule has 0 aliphatic carbocycles. The number of unbranched alkanes of at least 4 members (excludes halogenated alkanes) is 20. The minimum absolute atomic E-state index is 0.962. The molecule has 200 valence electrons. The third-order valence-electron chi connectivity index (χ3n) is 7.99. The molecule has 0 aliphatic rings. The third-order valence-corrected chi connectivity index (χ3v) is 7.99. The fourth-order valence-corrected chi connectivity index (χ4v) is 5.41. The van der Waals surface area contributed by atoms with Crippen LogP contribution in [0.3, 0.4) is 0 Å². The Balaban J connectivity index is 3.23. The van der Waals surface area contributed by atoms with Gasteiger partial charge in [-0.1, -0.05) is 201 Å². The van der Waals surface area contributed by atoms with Gasteiger partial charge in [-0.15, -0.1) is 0 Å². The second kappa shape index (κ2) is 28.2. The van der Waals surface area contributed by atoms with Gasteiger partial charge in [-0.05, 0) is 11.8 Å². The molecule has 0 aromatic rings. The van der Waals surface area contributed by atoms with E-state index in [-0.39, 0.29) is 0 Å². The normalized spacial score (nSPS) is 13.5. The van der Waals surface area contributed by atoms with Crippen molar-refractivity contribution >= 4 is 0 Å². The molecular formula is C33H68. The van der Waals surface area contributed by atoms with Crippen molar-refractivity contribution in [2.45, 2.75) is 201 Å². The molecule has 0 nitrogen and oxygen atoms in total. The van der Waals surface area contributed by atoms with E-state index in [9.17, 15) is 0 Å². The second-order valence-electron chi connectivity index (χ2n) is 11.8. The minimum atomic E-state index is 0.962. The summed E-state index contributed by atoms with van der Waals surface area (Å²) in [7, 11) is 0. The molecule has 0 N–H and O–H groups in total. The average Bonchev–Trinajstić information content (AvgIpc) is 2.81. The molecule has 0 rings (SSSR count). The van der Waals surface area contributed by atoms with Crippen molar-refractivity contribution in [1.29, 1.82) is 0 Å². The fraction of sp³-hybridized carbons (Fsp3) is 1.00. The topological polar surface area (TPSA) is 0 Å². The summed E-state index contributed by atoms with van der Waals surface area (Å²) in [5, 5.41) is 0. The number of hydrogen-bond donors (Lipinski definition) is 0. The minimum Gasteiger partial charge on any atom is -0.0654 e. The van der Waals surface area contributed by atoms with Crippen molar-refractivity contribution in [3.05, 3.63) is 0 Å². The van der Waals surface area contributed by atoms with Crippen molar-refractivity contribution in [3.8, 4) is 0 Å². The largest absolute Gasteiger partial charge is 0.0654 e. The molecule has 33 heavy (non-hydrogen) atoms.